The lowest BCUT2D eigenvalue weighted by atomic mass is 10.2. The summed E-state index contributed by atoms with van der Waals surface area (Å²) in [6, 6.07) is 0.0901. The van der Waals surface area contributed by atoms with Crippen LogP contribution < -0.4 is 11.1 Å². The Balaban J connectivity index is 2.27. The minimum Gasteiger partial charge on any atom is -0.382 e. The number of ether oxygens (including phenoxy) is 2. The summed E-state index contributed by atoms with van der Waals surface area (Å²) in [5.41, 5.74) is 5.61. The van der Waals surface area contributed by atoms with Crippen molar-refractivity contribution in [2.45, 2.75) is 6.04 Å². The maximum atomic E-state index is 11.8. The zero-order valence-electron chi connectivity index (χ0n) is 9.78. The second kappa shape index (κ2) is 7.56. The second-order valence-corrected chi connectivity index (χ2v) is 3.73. The topological polar surface area (TPSA) is 76.8 Å². The maximum absolute atomic E-state index is 11.8. The lowest BCUT2D eigenvalue weighted by molar-refractivity contribution is -0.139. The number of methoxy groups -OCH3 is 1. The van der Waals surface area contributed by atoms with Crippen molar-refractivity contribution in [1.82, 2.24) is 10.2 Å². The molecule has 1 unspecified atom stereocenters. The summed E-state index contributed by atoms with van der Waals surface area (Å²) in [6.07, 6.45) is 0. The van der Waals surface area contributed by atoms with E-state index in [1.807, 2.05) is 0 Å². The Morgan fingerprint density at radius 3 is 3.06 bits per heavy atom. The summed E-state index contributed by atoms with van der Waals surface area (Å²) in [7, 11) is 1.60. The van der Waals surface area contributed by atoms with Crippen LogP contribution in [0.1, 0.15) is 0 Å². The van der Waals surface area contributed by atoms with Gasteiger partial charge in [0.25, 0.3) is 0 Å². The molecule has 1 amide bonds. The SMILES string of the molecule is COCCOCC(=O)N1CCNCC1CN. The van der Waals surface area contributed by atoms with Crippen molar-refractivity contribution < 1.29 is 14.3 Å². The molecule has 0 saturated carbocycles. The van der Waals surface area contributed by atoms with Gasteiger partial charge in [-0.3, -0.25) is 4.79 Å². The first-order chi connectivity index (χ1) is 7.79. The summed E-state index contributed by atoms with van der Waals surface area (Å²) < 4.78 is 10.0. The van der Waals surface area contributed by atoms with E-state index in [-0.39, 0.29) is 18.6 Å². The van der Waals surface area contributed by atoms with E-state index < -0.39 is 0 Å². The third-order valence-electron chi connectivity index (χ3n) is 2.60. The van der Waals surface area contributed by atoms with Crippen LogP contribution in [-0.2, 0) is 14.3 Å². The summed E-state index contributed by atoms with van der Waals surface area (Å²) in [6.45, 7) is 3.84. The highest BCUT2D eigenvalue weighted by molar-refractivity contribution is 5.78. The Morgan fingerprint density at radius 1 is 1.56 bits per heavy atom. The van der Waals surface area contributed by atoms with Gasteiger partial charge in [-0.05, 0) is 0 Å². The van der Waals surface area contributed by atoms with Gasteiger partial charge in [0.15, 0.2) is 0 Å². The number of amides is 1. The van der Waals surface area contributed by atoms with Gasteiger partial charge in [0, 0.05) is 33.3 Å². The zero-order valence-corrected chi connectivity index (χ0v) is 9.78. The predicted octanol–water partition coefficient (Wildman–Crippen LogP) is -1.59. The lowest BCUT2D eigenvalue weighted by Gasteiger charge is -2.35. The minimum absolute atomic E-state index is 0.00746. The average Bonchev–Trinajstić information content (AvgIpc) is 2.34. The van der Waals surface area contributed by atoms with E-state index in [1.54, 1.807) is 12.0 Å². The fourth-order valence-corrected chi connectivity index (χ4v) is 1.68. The molecule has 0 aromatic rings. The van der Waals surface area contributed by atoms with Crippen molar-refractivity contribution in [2.24, 2.45) is 5.73 Å². The maximum Gasteiger partial charge on any atom is 0.248 e. The van der Waals surface area contributed by atoms with Gasteiger partial charge >= 0.3 is 0 Å². The molecule has 3 N–H and O–H groups in total. The molecule has 1 aliphatic rings. The number of rotatable bonds is 6. The quantitative estimate of drug-likeness (QED) is 0.539. The minimum atomic E-state index is 0.00746. The first-order valence-corrected chi connectivity index (χ1v) is 5.56. The molecule has 1 rings (SSSR count). The summed E-state index contributed by atoms with van der Waals surface area (Å²) in [5, 5.41) is 3.21. The van der Waals surface area contributed by atoms with E-state index in [4.69, 9.17) is 15.2 Å². The number of nitrogens with zero attached hydrogens (tertiary/aromatic N) is 1. The predicted molar refractivity (Wildman–Crippen MR) is 60.1 cm³/mol. The number of carbonyl (C=O) groups excluding carboxylic acids is 1. The van der Waals surface area contributed by atoms with Gasteiger partial charge in [-0.15, -0.1) is 0 Å². The molecule has 0 aliphatic carbocycles. The van der Waals surface area contributed by atoms with E-state index in [1.165, 1.54) is 0 Å². The highest BCUT2D eigenvalue weighted by Gasteiger charge is 2.24. The molecule has 1 aliphatic heterocycles. The Kier molecular flexibility index (Phi) is 6.32. The van der Waals surface area contributed by atoms with Crippen LogP contribution in [0.15, 0.2) is 0 Å². The van der Waals surface area contributed by atoms with Gasteiger partial charge in [0.05, 0.1) is 19.3 Å². The Morgan fingerprint density at radius 2 is 2.38 bits per heavy atom. The molecule has 0 aromatic carbocycles. The van der Waals surface area contributed by atoms with E-state index >= 15 is 0 Å². The van der Waals surface area contributed by atoms with Crippen molar-refractivity contribution in [2.75, 3.05) is 53.1 Å². The van der Waals surface area contributed by atoms with Crippen LogP contribution in [0.2, 0.25) is 0 Å². The van der Waals surface area contributed by atoms with E-state index in [2.05, 4.69) is 5.32 Å². The second-order valence-electron chi connectivity index (χ2n) is 3.73. The number of carbonyl (C=O) groups is 1. The van der Waals surface area contributed by atoms with Gasteiger partial charge in [-0.25, -0.2) is 0 Å². The van der Waals surface area contributed by atoms with Gasteiger partial charge in [-0.2, -0.15) is 0 Å². The smallest absolute Gasteiger partial charge is 0.248 e. The molecule has 6 nitrogen and oxygen atoms in total. The van der Waals surface area contributed by atoms with Crippen molar-refractivity contribution in [1.29, 1.82) is 0 Å². The zero-order chi connectivity index (χ0) is 11.8. The molecule has 0 radical (unpaired) electrons. The van der Waals surface area contributed by atoms with Crippen molar-refractivity contribution in [3.05, 3.63) is 0 Å². The molecule has 0 bridgehead atoms. The van der Waals surface area contributed by atoms with E-state index in [0.29, 0.717) is 26.3 Å². The number of nitrogens with two attached hydrogens (primary N) is 1. The van der Waals surface area contributed by atoms with Crippen LogP contribution in [0.3, 0.4) is 0 Å². The molecule has 6 heteroatoms. The third kappa shape index (κ3) is 4.05. The number of hydrogen-bond acceptors (Lipinski definition) is 5. The van der Waals surface area contributed by atoms with Gasteiger partial charge < -0.3 is 25.4 Å². The summed E-state index contributed by atoms with van der Waals surface area (Å²) in [4.78, 5) is 13.6. The lowest BCUT2D eigenvalue weighted by Crippen LogP contribution is -2.57. The molecule has 16 heavy (non-hydrogen) atoms. The molecule has 0 spiro atoms. The van der Waals surface area contributed by atoms with Crippen LogP contribution >= 0.6 is 0 Å². The van der Waals surface area contributed by atoms with E-state index in [9.17, 15) is 4.79 Å². The number of nitrogens with one attached hydrogen (secondary N) is 1. The average molecular weight is 231 g/mol. The Labute approximate surface area is 96.1 Å². The van der Waals surface area contributed by atoms with Crippen LogP contribution in [0.4, 0.5) is 0 Å². The fourth-order valence-electron chi connectivity index (χ4n) is 1.68. The monoisotopic (exact) mass is 231 g/mol. The highest BCUT2D eigenvalue weighted by Crippen LogP contribution is 2.02. The van der Waals surface area contributed by atoms with Crippen molar-refractivity contribution >= 4 is 5.91 Å². The first kappa shape index (κ1) is 13.4. The van der Waals surface area contributed by atoms with Crippen LogP contribution in [0, 0.1) is 0 Å². The normalized spacial score (nSPS) is 21.1. The van der Waals surface area contributed by atoms with Gasteiger partial charge in [0.2, 0.25) is 5.91 Å². The largest absolute Gasteiger partial charge is 0.382 e. The summed E-state index contributed by atoms with van der Waals surface area (Å²) >= 11 is 0. The molecule has 1 heterocycles. The Bertz CT molecular complexity index is 213. The highest BCUT2D eigenvalue weighted by atomic mass is 16.5. The number of piperazine rings is 1. The van der Waals surface area contributed by atoms with Crippen LogP contribution in [-0.4, -0.2) is 70.0 Å². The number of hydrogen-bond donors (Lipinski definition) is 2. The Hall–Kier alpha value is -0.690. The molecule has 1 fully saturated rings. The summed E-state index contributed by atoms with van der Waals surface area (Å²) in [5.74, 6) is 0.00746. The molecule has 1 atom stereocenters. The van der Waals surface area contributed by atoms with Gasteiger partial charge in [-0.1, -0.05) is 0 Å². The van der Waals surface area contributed by atoms with Crippen molar-refractivity contribution in [3.63, 3.8) is 0 Å². The van der Waals surface area contributed by atoms with Gasteiger partial charge in [0.1, 0.15) is 6.61 Å². The molecule has 0 aromatic heterocycles. The van der Waals surface area contributed by atoms with E-state index in [0.717, 1.165) is 13.1 Å². The van der Waals surface area contributed by atoms with Crippen molar-refractivity contribution in [3.8, 4) is 0 Å². The fraction of sp³-hybridized carbons (Fsp3) is 0.900. The third-order valence-corrected chi connectivity index (χ3v) is 2.60. The molecular formula is C10H21N3O3. The van der Waals surface area contributed by atoms with Crippen LogP contribution in [0.25, 0.3) is 0 Å². The molecule has 1 saturated heterocycles. The molecule has 94 valence electrons. The molecular weight excluding hydrogens is 210 g/mol. The standard InChI is InChI=1S/C10H21N3O3/c1-15-4-5-16-8-10(14)13-3-2-12-7-9(13)6-11/h9,12H,2-8,11H2,1H3. The first-order valence-electron chi connectivity index (χ1n) is 5.56. The van der Waals surface area contributed by atoms with Crippen LogP contribution in [0.5, 0.6) is 0 Å².